The molecule has 0 radical (unpaired) electrons. The summed E-state index contributed by atoms with van der Waals surface area (Å²) >= 11 is 0. The average Bonchev–Trinajstić information content (AvgIpc) is 2.87. The average molecular weight is 185 g/mol. The number of methoxy groups -OCH3 is 1. The third-order valence-corrected chi connectivity index (χ3v) is 2.49. The molecule has 13 heavy (non-hydrogen) atoms. The second-order valence-corrected chi connectivity index (χ2v) is 3.99. The van der Waals surface area contributed by atoms with Gasteiger partial charge in [0, 0.05) is 6.04 Å². The smallest absolute Gasteiger partial charge is 0.325 e. The first kappa shape index (κ1) is 10.5. The largest absolute Gasteiger partial charge is 0.468 e. The lowest BCUT2D eigenvalue weighted by Crippen LogP contribution is -2.51. The summed E-state index contributed by atoms with van der Waals surface area (Å²) in [5.41, 5.74) is -0.468. The van der Waals surface area contributed by atoms with Gasteiger partial charge in [-0.1, -0.05) is 13.3 Å². The molecule has 1 aliphatic carbocycles. The zero-order chi connectivity index (χ0) is 9.90. The van der Waals surface area contributed by atoms with Crippen molar-refractivity contribution in [3.63, 3.8) is 0 Å². The molecule has 1 saturated carbocycles. The molecule has 0 aromatic heterocycles. The minimum Gasteiger partial charge on any atom is -0.468 e. The van der Waals surface area contributed by atoms with Crippen molar-refractivity contribution in [2.75, 3.05) is 7.11 Å². The number of nitrogens with one attached hydrogen (secondary N) is 1. The number of hydrogen-bond donors (Lipinski definition) is 1. The molecule has 1 atom stereocenters. The molecular weight excluding hydrogens is 166 g/mol. The van der Waals surface area contributed by atoms with E-state index in [-0.39, 0.29) is 5.97 Å². The van der Waals surface area contributed by atoms with Crippen molar-refractivity contribution < 1.29 is 9.53 Å². The van der Waals surface area contributed by atoms with Crippen molar-refractivity contribution in [1.29, 1.82) is 0 Å². The topological polar surface area (TPSA) is 38.3 Å². The minimum atomic E-state index is -0.468. The van der Waals surface area contributed by atoms with Crippen molar-refractivity contribution >= 4 is 5.97 Å². The van der Waals surface area contributed by atoms with E-state index < -0.39 is 5.54 Å². The number of carbonyl (C=O) groups is 1. The van der Waals surface area contributed by atoms with Crippen molar-refractivity contribution in [3.05, 3.63) is 0 Å². The van der Waals surface area contributed by atoms with Gasteiger partial charge in [-0.15, -0.1) is 0 Å². The summed E-state index contributed by atoms with van der Waals surface area (Å²) in [6.07, 6.45) is 4.22. The van der Waals surface area contributed by atoms with Gasteiger partial charge in [-0.3, -0.25) is 10.1 Å². The first-order chi connectivity index (χ1) is 6.12. The van der Waals surface area contributed by atoms with Crippen LogP contribution in [0.1, 0.15) is 39.5 Å². The lowest BCUT2D eigenvalue weighted by molar-refractivity contribution is -0.148. The number of hydrogen-bond acceptors (Lipinski definition) is 3. The van der Waals surface area contributed by atoms with Crippen LogP contribution < -0.4 is 5.32 Å². The van der Waals surface area contributed by atoms with E-state index in [1.54, 1.807) is 0 Å². The summed E-state index contributed by atoms with van der Waals surface area (Å²) in [5.74, 6) is -0.138. The van der Waals surface area contributed by atoms with Gasteiger partial charge in [0.15, 0.2) is 0 Å². The highest BCUT2D eigenvalue weighted by Gasteiger charge is 2.38. The zero-order valence-electron chi connectivity index (χ0n) is 8.72. The summed E-state index contributed by atoms with van der Waals surface area (Å²) in [7, 11) is 1.45. The highest BCUT2D eigenvalue weighted by Crippen LogP contribution is 2.25. The van der Waals surface area contributed by atoms with Gasteiger partial charge < -0.3 is 4.74 Å². The summed E-state index contributed by atoms with van der Waals surface area (Å²) < 4.78 is 4.80. The first-order valence-electron chi connectivity index (χ1n) is 4.98. The maximum atomic E-state index is 11.5. The Balaban J connectivity index is 2.54. The molecule has 3 heteroatoms. The Kier molecular flexibility index (Phi) is 3.31. The van der Waals surface area contributed by atoms with Crippen LogP contribution in [-0.4, -0.2) is 24.7 Å². The van der Waals surface area contributed by atoms with Crippen molar-refractivity contribution in [2.24, 2.45) is 0 Å². The highest BCUT2D eigenvalue weighted by molar-refractivity contribution is 5.80. The van der Waals surface area contributed by atoms with Gasteiger partial charge in [0.25, 0.3) is 0 Å². The summed E-state index contributed by atoms with van der Waals surface area (Å²) in [6.45, 7) is 4.01. The molecule has 1 aliphatic rings. The molecule has 0 spiro atoms. The molecule has 1 N–H and O–H groups in total. The monoisotopic (exact) mass is 185 g/mol. The Labute approximate surface area is 79.8 Å². The van der Waals surface area contributed by atoms with E-state index in [0.29, 0.717) is 6.04 Å². The molecule has 0 aliphatic heterocycles. The number of esters is 1. The molecule has 0 heterocycles. The van der Waals surface area contributed by atoms with Crippen LogP contribution in [-0.2, 0) is 9.53 Å². The van der Waals surface area contributed by atoms with Crippen LogP contribution in [0.4, 0.5) is 0 Å². The van der Waals surface area contributed by atoms with E-state index in [1.807, 2.05) is 6.92 Å². The summed E-state index contributed by atoms with van der Waals surface area (Å²) in [6, 6.07) is 0.538. The predicted molar refractivity (Wildman–Crippen MR) is 51.5 cm³/mol. The number of carbonyl (C=O) groups excluding carboxylic acids is 1. The van der Waals surface area contributed by atoms with Crippen LogP contribution in [0, 0.1) is 0 Å². The standard InChI is InChI=1S/C10H19NO2/c1-4-7-10(2,9(12)13-3)11-8-5-6-8/h8,11H,4-7H2,1-3H3. The van der Waals surface area contributed by atoms with E-state index in [9.17, 15) is 4.79 Å². The van der Waals surface area contributed by atoms with E-state index in [0.717, 1.165) is 12.8 Å². The molecule has 1 unspecified atom stereocenters. The van der Waals surface area contributed by atoms with Crippen LogP contribution >= 0.6 is 0 Å². The molecule has 1 fully saturated rings. The molecule has 0 aromatic carbocycles. The number of rotatable bonds is 5. The van der Waals surface area contributed by atoms with E-state index >= 15 is 0 Å². The molecule has 76 valence electrons. The fourth-order valence-electron chi connectivity index (χ4n) is 1.64. The lowest BCUT2D eigenvalue weighted by Gasteiger charge is -2.27. The predicted octanol–water partition coefficient (Wildman–Crippen LogP) is 1.47. The zero-order valence-corrected chi connectivity index (χ0v) is 8.72. The molecular formula is C10H19NO2. The SMILES string of the molecule is CCCC(C)(NC1CC1)C(=O)OC. The fourth-order valence-corrected chi connectivity index (χ4v) is 1.64. The highest BCUT2D eigenvalue weighted by atomic mass is 16.5. The lowest BCUT2D eigenvalue weighted by atomic mass is 9.96. The van der Waals surface area contributed by atoms with Crippen molar-refractivity contribution in [1.82, 2.24) is 5.32 Å². The minimum absolute atomic E-state index is 0.138. The third-order valence-electron chi connectivity index (χ3n) is 2.49. The molecule has 0 saturated heterocycles. The van der Waals surface area contributed by atoms with Gasteiger partial charge in [0.05, 0.1) is 7.11 Å². The maximum absolute atomic E-state index is 11.5. The molecule has 0 aromatic rings. The van der Waals surface area contributed by atoms with Gasteiger partial charge in [0.1, 0.15) is 5.54 Å². The van der Waals surface area contributed by atoms with Crippen molar-refractivity contribution in [2.45, 2.75) is 51.1 Å². The summed E-state index contributed by atoms with van der Waals surface area (Å²) in [4.78, 5) is 11.5. The summed E-state index contributed by atoms with van der Waals surface area (Å²) in [5, 5.41) is 3.34. The molecule has 3 nitrogen and oxygen atoms in total. The Morgan fingerprint density at radius 1 is 1.62 bits per heavy atom. The van der Waals surface area contributed by atoms with Gasteiger partial charge in [0.2, 0.25) is 0 Å². The Hall–Kier alpha value is -0.570. The quantitative estimate of drug-likeness (QED) is 0.659. The van der Waals surface area contributed by atoms with Crippen LogP contribution in [0.2, 0.25) is 0 Å². The first-order valence-corrected chi connectivity index (χ1v) is 4.98. The maximum Gasteiger partial charge on any atom is 0.325 e. The van der Waals surface area contributed by atoms with E-state index in [1.165, 1.54) is 20.0 Å². The van der Waals surface area contributed by atoms with Crippen LogP contribution in [0.5, 0.6) is 0 Å². The molecule has 0 amide bonds. The Morgan fingerprint density at radius 2 is 2.23 bits per heavy atom. The molecule has 1 rings (SSSR count). The van der Waals surface area contributed by atoms with Gasteiger partial charge >= 0.3 is 5.97 Å². The second kappa shape index (κ2) is 4.09. The third kappa shape index (κ3) is 2.69. The van der Waals surface area contributed by atoms with Crippen molar-refractivity contribution in [3.8, 4) is 0 Å². The normalized spacial score (nSPS) is 20.8. The molecule has 0 bridgehead atoms. The van der Waals surface area contributed by atoms with Crippen LogP contribution in [0.25, 0.3) is 0 Å². The number of ether oxygens (including phenoxy) is 1. The van der Waals surface area contributed by atoms with Crippen LogP contribution in [0.3, 0.4) is 0 Å². The fraction of sp³-hybridized carbons (Fsp3) is 0.900. The second-order valence-electron chi connectivity index (χ2n) is 3.99. The van der Waals surface area contributed by atoms with Gasteiger partial charge in [-0.2, -0.15) is 0 Å². The Morgan fingerprint density at radius 3 is 2.62 bits per heavy atom. The van der Waals surface area contributed by atoms with Gasteiger partial charge in [-0.25, -0.2) is 0 Å². The van der Waals surface area contributed by atoms with E-state index in [2.05, 4.69) is 12.2 Å². The van der Waals surface area contributed by atoms with Gasteiger partial charge in [-0.05, 0) is 26.2 Å². The van der Waals surface area contributed by atoms with Crippen LogP contribution in [0.15, 0.2) is 0 Å². The Bertz CT molecular complexity index is 189. The van der Waals surface area contributed by atoms with E-state index in [4.69, 9.17) is 4.74 Å².